The van der Waals surface area contributed by atoms with E-state index in [4.69, 9.17) is 9.15 Å². The van der Waals surface area contributed by atoms with Gasteiger partial charge in [-0.3, -0.25) is 4.79 Å². The van der Waals surface area contributed by atoms with E-state index in [0.717, 1.165) is 27.7 Å². The Morgan fingerprint density at radius 3 is 2.71 bits per heavy atom. The molecule has 1 heterocycles. The minimum absolute atomic E-state index is 0.374. The normalized spacial score (nSPS) is 12.8. The number of amides is 1. The Morgan fingerprint density at radius 2 is 2.11 bits per heavy atom. The molecule has 2 N–H and O–H groups in total. The maximum Gasteiger partial charge on any atom is 0.326 e. The summed E-state index contributed by atoms with van der Waals surface area (Å²) in [4.78, 5) is 23.8. The number of aryl methyl sites for hydroxylation is 2. The number of benzene rings is 1. The number of furan rings is 1. The minimum atomic E-state index is -1.03. The Bertz CT molecular complexity index is 900. The predicted octanol–water partition coefficient (Wildman–Crippen LogP) is 4.17. The lowest BCUT2D eigenvalue weighted by Crippen LogP contribution is -2.40. The molecule has 1 amide bonds. The van der Waals surface area contributed by atoms with Crippen LogP contribution in [0.25, 0.3) is 16.5 Å². The second-order valence-electron chi connectivity index (χ2n) is 6.61. The van der Waals surface area contributed by atoms with Gasteiger partial charge in [-0.2, -0.15) is 11.8 Å². The summed E-state index contributed by atoms with van der Waals surface area (Å²) in [5.41, 5.74) is 4.13. The molecule has 1 atom stereocenters. The number of hydrogen-bond acceptors (Lipinski definition) is 5. The van der Waals surface area contributed by atoms with Gasteiger partial charge in [-0.15, -0.1) is 0 Å². The first-order chi connectivity index (χ1) is 13.3. The van der Waals surface area contributed by atoms with Crippen LogP contribution in [0.15, 0.2) is 22.8 Å². The van der Waals surface area contributed by atoms with Crippen molar-refractivity contribution in [1.82, 2.24) is 5.32 Å². The van der Waals surface area contributed by atoms with Crippen molar-refractivity contribution < 1.29 is 23.8 Å². The molecule has 2 rings (SSSR count). The first-order valence-corrected chi connectivity index (χ1v) is 10.5. The van der Waals surface area contributed by atoms with Crippen LogP contribution in [-0.4, -0.2) is 41.6 Å². The molecule has 0 fully saturated rings. The van der Waals surface area contributed by atoms with E-state index in [-0.39, 0.29) is 0 Å². The Morgan fingerprint density at radius 1 is 1.39 bits per heavy atom. The van der Waals surface area contributed by atoms with Crippen LogP contribution in [0.1, 0.15) is 37.0 Å². The van der Waals surface area contributed by atoms with Gasteiger partial charge in [0.25, 0.3) is 0 Å². The number of aliphatic carboxylic acids is 1. The molecule has 0 radical (unpaired) electrons. The van der Waals surface area contributed by atoms with Gasteiger partial charge in [0.1, 0.15) is 17.4 Å². The number of hydrogen-bond donors (Lipinski definition) is 2. The van der Waals surface area contributed by atoms with E-state index in [2.05, 4.69) is 5.32 Å². The van der Waals surface area contributed by atoms with E-state index in [0.29, 0.717) is 30.1 Å². The van der Waals surface area contributed by atoms with E-state index in [9.17, 15) is 14.7 Å². The molecular formula is C21H27NO5S. The van der Waals surface area contributed by atoms with Crippen molar-refractivity contribution in [2.24, 2.45) is 0 Å². The van der Waals surface area contributed by atoms with Crippen LogP contribution in [0.2, 0.25) is 0 Å². The summed E-state index contributed by atoms with van der Waals surface area (Å²) in [6, 6.07) is 1.05. The van der Waals surface area contributed by atoms with Crippen LogP contribution >= 0.6 is 11.8 Å². The standard InChI is InChI=1S/C21H27NO5S/c1-6-26-19-14(4)20-16(13(3)11-27-20)10-15(19)12(2)9-18(23)22-17(21(24)25)7-8-28-5/h9-11,17H,6-8H2,1-5H3,(H,22,23)(H,24,25)/b12-9+. The zero-order valence-corrected chi connectivity index (χ0v) is 17.7. The second-order valence-corrected chi connectivity index (χ2v) is 7.60. The molecule has 6 nitrogen and oxygen atoms in total. The molecule has 0 bridgehead atoms. The van der Waals surface area contributed by atoms with E-state index in [1.54, 1.807) is 18.0 Å². The molecular weight excluding hydrogens is 378 g/mol. The molecule has 1 unspecified atom stereocenters. The maximum absolute atomic E-state index is 12.4. The first kappa shape index (κ1) is 21.9. The molecule has 0 saturated heterocycles. The third-order valence-electron chi connectivity index (χ3n) is 4.52. The van der Waals surface area contributed by atoms with Gasteiger partial charge >= 0.3 is 5.97 Å². The number of carbonyl (C=O) groups is 2. The molecule has 0 aliphatic rings. The van der Waals surface area contributed by atoms with Crippen molar-refractivity contribution in [1.29, 1.82) is 0 Å². The zero-order chi connectivity index (χ0) is 20.8. The fourth-order valence-electron chi connectivity index (χ4n) is 3.04. The SMILES string of the molecule is CCOc1c(/C(C)=C/C(=O)NC(CCSC)C(=O)O)cc2c(C)coc2c1C. The summed E-state index contributed by atoms with van der Waals surface area (Å²) in [6.45, 7) is 8.08. The van der Waals surface area contributed by atoms with E-state index >= 15 is 0 Å². The molecule has 7 heteroatoms. The monoisotopic (exact) mass is 405 g/mol. The molecule has 0 spiro atoms. The van der Waals surface area contributed by atoms with Gasteiger partial charge in [0.05, 0.1) is 12.9 Å². The van der Waals surface area contributed by atoms with Gasteiger partial charge in [0.2, 0.25) is 5.91 Å². The zero-order valence-electron chi connectivity index (χ0n) is 16.9. The van der Waals surface area contributed by atoms with E-state index in [1.165, 1.54) is 6.08 Å². The number of carboxylic acids is 1. The number of fused-ring (bicyclic) bond motifs is 1. The Kier molecular flexibility index (Phi) is 7.57. The molecule has 152 valence electrons. The number of nitrogens with one attached hydrogen (secondary N) is 1. The highest BCUT2D eigenvalue weighted by Gasteiger charge is 2.20. The maximum atomic E-state index is 12.4. The van der Waals surface area contributed by atoms with Crippen LogP contribution < -0.4 is 10.1 Å². The summed E-state index contributed by atoms with van der Waals surface area (Å²) in [7, 11) is 0. The second kappa shape index (κ2) is 9.68. The van der Waals surface area contributed by atoms with E-state index < -0.39 is 17.9 Å². The van der Waals surface area contributed by atoms with E-state index in [1.807, 2.05) is 40.0 Å². The first-order valence-electron chi connectivity index (χ1n) is 9.15. The van der Waals surface area contributed by atoms with Gasteiger partial charge in [-0.05, 0) is 63.3 Å². The van der Waals surface area contributed by atoms with Crippen LogP contribution in [0.4, 0.5) is 0 Å². The van der Waals surface area contributed by atoms with Crippen molar-refractivity contribution in [3.63, 3.8) is 0 Å². The Balaban J connectivity index is 2.38. The lowest BCUT2D eigenvalue weighted by Gasteiger charge is -2.15. The molecule has 1 aromatic carbocycles. The van der Waals surface area contributed by atoms with Crippen LogP contribution in [-0.2, 0) is 9.59 Å². The summed E-state index contributed by atoms with van der Waals surface area (Å²) in [6.07, 6.45) is 5.40. The van der Waals surface area contributed by atoms with Gasteiger partial charge in [-0.1, -0.05) is 0 Å². The quantitative estimate of drug-likeness (QED) is 0.609. The van der Waals surface area contributed by atoms with Crippen LogP contribution in [0.5, 0.6) is 5.75 Å². The number of allylic oxidation sites excluding steroid dienone is 1. The Labute approximate surface area is 169 Å². The summed E-state index contributed by atoms with van der Waals surface area (Å²) < 4.78 is 11.5. The summed E-state index contributed by atoms with van der Waals surface area (Å²) in [5, 5.41) is 12.8. The molecule has 28 heavy (non-hydrogen) atoms. The largest absolute Gasteiger partial charge is 0.493 e. The fourth-order valence-corrected chi connectivity index (χ4v) is 3.51. The van der Waals surface area contributed by atoms with Crippen LogP contribution in [0.3, 0.4) is 0 Å². The van der Waals surface area contributed by atoms with Crippen molar-refractivity contribution in [3.05, 3.63) is 35.1 Å². The highest BCUT2D eigenvalue weighted by molar-refractivity contribution is 7.98. The third kappa shape index (κ3) is 4.90. The highest BCUT2D eigenvalue weighted by atomic mass is 32.2. The summed E-state index contributed by atoms with van der Waals surface area (Å²) in [5.74, 6) is -0.141. The topological polar surface area (TPSA) is 88.8 Å². The average molecular weight is 406 g/mol. The number of carbonyl (C=O) groups excluding carboxylic acids is 1. The predicted molar refractivity (Wildman–Crippen MR) is 113 cm³/mol. The highest BCUT2D eigenvalue weighted by Crippen LogP contribution is 2.37. The van der Waals surface area contributed by atoms with Crippen molar-refractivity contribution in [3.8, 4) is 5.75 Å². The fraction of sp³-hybridized carbons (Fsp3) is 0.429. The van der Waals surface area contributed by atoms with Crippen molar-refractivity contribution >= 4 is 40.2 Å². The van der Waals surface area contributed by atoms with Gasteiger partial charge < -0.3 is 19.6 Å². The Hall–Kier alpha value is -2.41. The van der Waals surface area contributed by atoms with Gasteiger partial charge in [0.15, 0.2) is 0 Å². The third-order valence-corrected chi connectivity index (χ3v) is 5.17. The average Bonchev–Trinajstić information content (AvgIpc) is 3.01. The summed E-state index contributed by atoms with van der Waals surface area (Å²) >= 11 is 1.54. The number of thioether (sulfide) groups is 1. The van der Waals surface area contributed by atoms with Crippen molar-refractivity contribution in [2.45, 2.75) is 40.2 Å². The molecule has 2 aromatic rings. The smallest absolute Gasteiger partial charge is 0.326 e. The molecule has 0 saturated carbocycles. The molecule has 0 aliphatic carbocycles. The lowest BCUT2D eigenvalue weighted by molar-refractivity contribution is -0.141. The van der Waals surface area contributed by atoms with Crippen molar-refractivity contribution in [2.75, 3.05) is 18.6 Å². The van der Waals surface area contributed by atoms with Gasteiger partial charge in [-0.25, -0.2) is 4.79 Å². The molecule has 1 aromatic heterocycles. The van der Waals surface area contributed by atoms with Gasteiger partial charge in [0, 0.05) is 22.6 Å². The number of ether oxygens (including phenoxy) is 1. The lowest BCUT2D eigenvalue weighted by atomic mass is 9.98. The van der Waals surface area contributed by atoms with Crippen LogP contribution in [0, 0.1) is 13.8 Å². The minimum Gasteiger partial charge on any atom is -0.493 e. The molecule has 0 aliphatic heterocycles. The number of carboxylic acid groups (broad SMARTS) is 1. The number of rotatable bonds is 9.